The second-order valence-corrected chi connectivity index (χ2v) is 8.31. The highest BCUT2D eigenvalue weighted by atomic mass is 35.5. The third kappa shape index (κ3) is 5.58. The minimum Gasteiger partial charge on any atom is -0.212 e. The van der Waals surface area contributed by atoms with Gasteiger partial charge < -0.3 is 0 Å². The Balaban J connectivity index is 2.62. The van der Waals surface area contributed by atoms with Crippen LogP contribution in [0.25, 0.3) is 0 Å². The Morgan fingerprint density at radius 3 is 2.35 bits per heavy atom. The summed E-state index contributed by atoms with van der Waals surface area (Å²) in [5, 5.41) is 0. The lowest BCUT2D eigenvalue weighted by molar-refractivity contribution is 0.312. The van der Waals surface area contributed by atoms with Crippen molar-refractivity contribution < 1.29 is 8.42 Å². The highest BCUT2D eigenvalue weighted by molar-refractivity contribution is 7.89. The van der Waals surface area contributed by atoms with Gasteiger partial charge in [-0.25, -0.2) is 13.1 Å². The van der Waals surface area contributed by atoms with Gasteiger partial charge in [0.25, 0.3) is 0 Å². The van der Waals surface area contributed by atoms with Crippen molar-refractivity contribution in [2.24, 2.45) is 11.3 Å². The minimum absolute atomic E-state index is 0.0357. The van der Waals surface area contributed by atoms with Crippen LogP contribution in [0.4, 0.5) is 0 Å². The zero-order valence-corrected chi connectivity index (χ0v) is 12.6. The molecule has 0 spiro atoms. The van der Waals surface area contributed by atoms with E-state index in [-0.39, 0.29) is 17.2 Å². The minimum atomic E-state index is -3.19. The summed E-state index contributed by atoms with van der Waals surface area (Å²) < 4.78 is 26.9. The van der Waals surface area contributed by atoms with Crippen LogP contribution in [0, 0.1) is 11.3 Å². The molecule has 17 heavy (non-hydrogen) atoms. The Hall–Kier alpha value is 0.200. The predicted octanol–water partition coefficient (Wildman–Crippen LogP) is 2.75. The van der Waals surface area contributed by atoms with Gasteiger partial charge in [-0.3, -0.25) is 0 Å². The molecule has 0 aromatic carbocycles. The summed E-state index contributed by atoms with van der Waals surface area (Å²) in [6.45, 7) is 5.81. The fourth-order valence-corrected chi connectivity index (χ4v) is 4.75. The molecule has 0 heterocycles. The first-order valence-corrected chi connectivity index (χ1v) is 8.48. The van der Waals surface area contributed by atoms with Crippen LogP contribution in [0.1, 0.15) is 46.5 Å². The predicted molar refractivity (Wildman–Crippen MR) is 72.8 cm³/mol. The number of sulfonamides is 1. The van der Waals surface area contributed by atoms with Gasteiger partial charge in [0.05, 0.1) is 5.75 Å². The Labute approximate surface area is 110 Å². The highest BCUT2D eigenvalue weighted by Gasteiger charge is 2.30. The number of hydrogen-bond acceptors (Lipinski definition) is 2. The van der Waals surface area contributed by atoms with Gasteiger partial charge in [-0.1, -0.05) is 33.6 Å². The van der Waals surface area contributed by atoms with Crippen molar-refractivity contribution >= 4 is 21.6 Å². The maximum Gasteiger partial charge on any atom is 0.212 e. The molecule has 2 unspecified atom stereocenters. The molecule has 1 aliphatic carbocycles. The van der Waals surface area contributed by atoms with Crippen LogP contribution < -0.4 is 4.72 Å². The molecule has 102 valence electrons. The van der Waals surface area contributed by atoms with E-state index >= 15 is 0 Å². The van der Waals surface area contributed by atoms with Crippen LogP contribution in [-0.2, 0) is 10.0 Å². The summed E-state index contributed by atoms with van der Waals surface area (Å²) in [6, 6.07) is 0.0357. The normalized spacial score (nSPS) is 27.1. The summed E-state index contributed by atoms with van der Waals surface area (Å²) in [5.41, 5.74) is -0.211. The first kappa shape index (κ1) is 15.3. The second kappa shape index (κ2) is 5.89. The van der Waals surface area contributed by atoms with E-state index in [1.165, 1.54) is 0 Å². The Morgan fingerprint density at radius 1 is 1.24 bits per heavy atom. The monoisotopic (exact) mass is 281 g/mol. The van der Waals surface area contributed by atoms with Gasteiger partial charge in [-0.15, -0.1) is 11.6 Å². The van der Waals surface area contributed by atoms with E-state index < -0.39 is 10.0 Å². The molecule has 0 amide bonds. The average Bonchev–Trinajstić information content (AvgIpc) is 2.14. The summed E-state index contributed by atoms with van der Waals surface area (Å²) in [6.07, 6.45) is 4.21. The van der Waals surface area contributed by atoms with E-state index in [1.54, 1.807) is 0 Å². The van der Waals surface area contributed by atoms with Gasteiger partial charge >= 0.3 is 0 Å². The zero-order chi connectivity index (χ0) is 13.1. The Kier molecular flexibility index (Phi) is 5.29. The molecule has 1 fully saturated rings. The SMILES string of the molecule is CC(C)(C)CS(=O)(=O)NC1CCCCC1CCl. The van der Waals surface area contributed by atoms with Crippen molar-refractivity contribution in [3.8, 4) is 0 Å². The first-order valence-electron chi connectivity index (χ1n) is 6.29. The molecule has 0 radical (unpaired) electrons. The number of rotatable bonds is 4. The lowest BCUT2D eigenvalue weighted by Gasteiger charge is -2.31. The van der Waals surface area contributed by atoms with Gasteiger partial charge in [0.2, 0.25) is 10.0 Å². The van der Waals surface area contributed by atoms with Crippen molar-refractivity contribution in [1.29, 1.82) is 0 Å². The smallest absolute Gasteiger partial charge is 0.212 e. The topological polar surface area (TPSA) is 46.2 Å². The van der Waals surface area contributed by atoms with Crippen LogP contribution in [-0.4, -0.2) is 26.1 Å². The third-order valence-electron chi connectivity index (χ3n) is 3.06. The summed E-state index contributed by atoms with van der Waals surface area (Å²) >= 11 is 5.90. The van der Waals surface area contributed by atoms with E-state index in [0.717, 1.165) is 25.7 Å². The third-order valence-corrected chi connectivity index (χ3v) is 5.37. The molecule has 1 aliphatic rings. The van der Waals surface area contributed by atoms with Crippen molar-refractivity contribution in [2.75, 3.05) is 11.6 Å². The van der Waals surface area contributed by atoms with E-state index in [1.807, 2.05) is 20.8 Å². The number of halogens is 1. The lowest BCUT2D eigenvalue weighted by atomic mass is 9.86. The van der Waals surface area contributed by atoms with E-state index in [4.69, 9.17) is 11.6 Å². The fraction of sp³-hybridized carbons (Fsp3) is 1.00. The molecule has 0 aromatic heterocycles. The second-order valence-electron chi connectivity index (χ2n) is 6.24. The van der Waals surface area contributed by atoms with Crippen molar-refractivity contribution in [3.05, 3.63) is 0 Å². The maximum atomic E-state index is 12.0. The molecule has 5 heteroatoms. The molecule has 1 N–H and O–H groups in total. The molecule has 0 aliphatic heterocycles. The Morgan fingerprint density at radius 2 is 1.82 bits per heavy atom. The molecule has 1 rings (SSSR count). The standard InChI is InChI=1S/C12H24ClNO2S/c1-12(2,3)9-17(15,16)14-11-7-5-4-6-10(11)8-13/h10-11,14H,4-9H2,1-3H3. The molecular formula is C12H24ClNO2S. The van der Waals surface area contributed by atoms with Gasteiger partial charge in [0.1, 0.15) is 0 Å². The van der Waals surface area contributed by atoms with Gasteiger partial charge in [-0.2, -0.15) is 0 Å². The van der Waals surface area contributed by atoms with Crippen molar-refractivity contribution in [3.63, 3.8) is 0 Å². The molecule has 3 nitrogen and oxygen atoms in total. The highest BCUT2D eigenvalue weighted by Crippen LogP contribution is 2.26. The average molecular weight is 282 g/mol. The largest absolute Gasteiger partial charge is 0.212 e. The van der Waals surface area contributed by atoms with Gasteiger partial charge in [0.15, 0.2) is 0 Å². The van der Waals surface area contributed by atoms with Crippen LogP contribution in [0.3, 0.4) is 0 Å². The van der Waals surface area contributed by atoms with Gasteiger partial charge in [-0.05, 0) is 24.2 Å². The zero-order valence-electron chi connectivity index (χ0n) is 11.0. The Bertz CT molecular complexity index is 335. The summed E-state index contributed by atoms with van der Waals surface area (Å²) in [5.74, 6) is 1.01. The molecule has 0 bridgehead atoms. The summed E-state index contributed by atoms with van der Waals surface area (Å²) in [7, 11) is -3.19. The van der Waals surface area contributed by atoms with Crippen LogP contribution in [0.15, 0.2) is 0 Å². The number of alkyl halides is 1. The van der Waals surface area contributed by atoms with Crippen molar-refractivity contribution in [1.82, 2.24) is 4.72 Å². The van der Waals surface area contributed by atoms with Gasteiger partial charge in [0, 0.05) is 11.9 Å². The van der Waals surface area contributed by atoms with E-state index in [9.17, 15) is 8.42 Å². The molecule has 0 aromatic rings. The number of hydrogen-bond donors (Lipinski definition) is 1. The molecule has 2 atom stereocenters. The van der Waals surface area contributed by atoms with Crippen LogP contribution >= 0.6 is 11.6 Å². The van der Waals surface area contributed by atoms with Crippen molar-refractivity contribution in [2.45, 2.75) is 52.5 Å². The fourth-order valence-electron chi connectivity index (χ4n) is 2.39. The van der Waals surface area contributed by atoms with E-state index in [2.05, 4.69) is 4.72 Å². The quantitative estimate of drug-likeness (QED) is 0.806. The summed E-state index contributed by atoms with van der Waals surface area (Å²) in [4.78, 5) is 0. The first-order chi connectivity index (χ1) is 7.73. The van der Waals surface area contributed by atoms with Crippen LogP contribution in [0.2, 0.25) is 0 Å². The number of nitrogens with one attached hydrogen (secondary N) is 1. The van der Waals surface area contributed by atoms with Crippen LogP contribution in [0.5, 0.6) is 0 Å². The maximum absolute atomic E-state index is 12.0. The van der Waals surface area contributed by atoms with E-state index in [0.29, 0.717) is 11.8 Å². The molecular weight excluding hydrogens is 258 g/mol. The molecule has 0 saturated heterocycles. The lowest BCUT2D eigenvalue weighted by Crippen LogP contribution is -2.45. The molecule has 1 saturated carbocycles.